The SMILES string of the molecule is CCCCCCCCCCCCOP(=O)(O)O.O.[H-].[Na+]. The average Bonchev–Trinajstić information content (AvgIpc) is 2.24. The van der Waals surface area contributed by atoms with Gasteiger partial charge >= 0.3 is 37.4 Å². The zero-order valence-corrected chi connectivity index (χ0v) is 15.3. The molecule has 0 aromatic carbocycles. The Hall–Kier alpha value is 1.07. The quantitative estimate of drug-likeness (QED) is 0.308. The predicted octanol–water partition coefficient (Wildman–Crippen LogP) is 0.308. The molecule has 0 saturated heterocycles. The molecule has 0 fully saturated rings. The molecule has 0 aromatic heterocycles. The van der Waals surface area contributed by atoms with E-state index in [0.717, 1.165) is 19.3 Å². The summed E-state index contributed by atoms with van der Waals surface area (Å²) in [6, 6.07) is 0. The van der Waals surface area contributed by atoms with E-state index in [4.69, 9.17) is 9.79 Å². The average molecular weight is 308 g/mol. The van der Waals surface area contributed by atoms with Crippen LogP contribution in [0.1, 0.15) is 72.6 Å². The van der Waals surface area contributed by atoms with Gasteiger partial charge in [-0.2, -0.15) is 0 Å². The van der Waals surface area contributed by atoms with Crippen molar-refractivity contribution in [2.45, 2.75) is 71.1 Å². The van der Waals surface area contributed by atoms with Crippen LogP contribution in [0, 0.1) is 0 Å². The fourth-order valence-corrected chi connectivity index (χ4v) is 2.14. The van der Waals surface area contributed by atoms with E-state index in [1.165, 1.54) is 44.9 Å². The number of phosphoric ester groups is 1. The van der Waals surface area contributed by atoms with Gasteiger partial charge in [0.2, 0.25) is 0 Å². The van der Waals surface area contributed by atoms with Crippen LogP contribution in [0.15, 0.2) is 0 Å². The third kappa shape index (κ3) is 24.5. The van der Waals surface area contributed by atoms with Crippen LogP contribution in [0.4, 0.5) is 0 Å². The second-order valence-electron chi connectivity index (χ2n) is 4.51. The molecule has 0 unspecified atom stereocenters. The maximum absolute atomic E-state index is 10.4. The Morgan fingerprint density at radius 1 is 0.895 bits per heavy atom. The Morgan fingerprint density at radius 3 is 1.63 bits per heavy atom. The summed E-state index contributed by atoms with van der Waals surface area (Å²) < 4.78 is 14.7. The van der Waals surface area contributed by atoms with Gasteiger partial charge in [0, 0.05) is 0 Å². The summed E-state index contributed by atoms with van der Waals surface area (Å²) >= 11 is 0. The largest absolute Gasteiger partial charge is 1.00 e. The molecule has 114 valence electrons. The van der Waals surface area contributed by atoms with Crippen LogP contribution >= 0.6 is 7.82 Å². The molecule has 0 radical (unpaired) electrons. The second kappa shape index (κ2) is 17.1. The molecule has 0 aliphatic rings. The van der Waals surface area contributed by atoms with Gasteiger partial charge in [-0.15, -0.1) is 0 Å². The summed E-state index contributed by atoms with van der Waals surface area (Å²) in [5.41, 5.74) is 0. The van der Waals surface area contributed by atoms with Crippen molar-refractivity contribution in [1.82, 2.24) is 0 Å². The summed E-state index contributed by atoms with van der Waals surface area (Å²) in [6.07, 6.45) is 12.0. The van der Waals surface area contributed by atoms with Crippen LogP contribution in [0.25, 0.3) is 0 Å². The molecule has 0 bridgehead atoms. The summed E-state index contributed by atoms with van der Waals surface area (Å²) in [7, 11) is -4.24. The molecule has 5 nitrogen and oxygen atoms in total. The van der Waals surface area contributed by atoms with E-state index in [1.807, 2.05) is 0 Å². The van der Waals surface area contributed by atoms with Gasteiger partial charge < -0.3 is 16.7 Å². The third-order valence-electron chi connectivity index (χ3n) is 2.76. The molecular formula is C12H30NaO5P. The van der Waals surface area contributed by atoms with Crippen LogP contribution in [0.2, 0.25) is 0 Å². The van der Waals surface area contributed by atoms with Crippen LogP contribution in [-0.2, 0) is 9.09 Å². The zero-order valence-electron chi connectivity index (χ0n) is 13.4. The number of phosphoric acid groups is 1. The van der Waals surface area contributed by atoms with E-state index in [1.54, 1.807) is 0 Å². The van der Waals surface area contributed by atoms with Crippen molar-refractivity contribution in [2.24, 2.45) is 0 Å². The van der Waals surface area contributed by atoms with Gasteiger partial charge in [-0.05, 0) is 6.42 Å². The van der Waals surface area contributed by atoms with Crippen LogP contribution < -0.4 is 29.6 Å². The summed E-state index contributed by atoms with van der Waals surface area (Å²) in [5.74, 6) is 0. The van der Waals surface area contributed by atoms with Crippen molar-refractivity contribution >= 4 is 7.82 Å². The molecule has 0 heterocycles. The van der Waals surface area contributed by atoms with Gasteiger partial charge in [-0.3, -0.25) is 4.52 Å². The Labute approximate surface area is 140 Å². The molecular weight excluding hydrogens is 278 g/mol. The van der Waals surface area contributed by atoms with E-state index in [0.29, 0.717) is 0 Å². The molecule has 0 rings (SSSR count). The maximum Gasteiger partial charge on any atom is 1.00 e. The smallest absolute Gasteiger partial charge is 1.00 e. The minimum absolute atomic E-state index is 0. The predicted molar refractivity (Wildman–Crippen MR) is 74.6 cm³/mol. The minimum Gasteiger partial charge on any atom is -1.00 e. The van der Waals surface area contributed by atoms with Crippen LogP contribution in [0.5, 0.6) is 0 Å². The van der Waals surface area contributed by atoms with E-state index in [-0.39, 0.29) is 43.1 Å². The molecule has 0 aromatic rings. The maximum atomic E-state index is 10.4. The number of hydrogen-bond acceptors (Lipinski definition) is 2. The molecule has 7 heteroatoms. The standard InChI is InChI=1S/C12H27O4P.Na.H2O.H/c1-2-3-4-5-6-7-8-9-10-11-12-16-17(13,14)15;;;/h2-12H2,1H3,(H2,13,14,15);;1H2;/q;+1;;-1. The first-order valence-corrected chi connectivity index (χ1v) is 8.29. The van der Waals surface area contributed by atoms with E-state index >= 15 is 0 Å². The van der Waals surface area contributed by atoms with Gasteiger partial charge in [0.25, 0.3) is 0 Å². The van der Waals surface area contributed by atoms with Crippen LogP contribution in [-0.4, -0.2) is 21.9 Å². The fourth-order valence-electron chi connectivity index (χ4n) is 1.77. The summed E-state index contributed by atoms with van der Waals surface area (Å²) in [4.78, 5) is 16.9. The molecule has 0 amide bonds. The van der Waals surface area contributed by atoms with E-state index in [9.17, 15) is 4.57 Å². The normalized spacial score (nSPS) is 10.7. The van der Waals surface area contributed by atoms with E-state index < -0.39 is 7.82 Å². The van der Waals surface area contributed by atoms with Crippen molar-refractivity contribution in [3.63, 3.8) is 0 Å². The molecule has 4 N–H and O–H groups in total. The second-order valence-corrected chi connectivity index (χ2v) is 5.75. The first-order valence-electron chi connectivity index (χ1n) is 6.76. The first-order chi connectivity index (χ1) is 8.06. The van der Waals surface area contributed by atoms with Gasteiger partial charge in [-0.25, -0.2) is 4.57 Å². The Bertz CT molecular complexity index is 216. The summed E-state index contributed by atoms with van der Waals surface area (Å²) in [5, 5.41) is 0. The van der Waals surface area contributed by atoms with Crippen molar-refractivity contribution < 1.29 is 55.3 Å². The van der Waals surface area contributed by atoms with Crippen molar-refractivity contribution in [3.8, 4) is 0 Å². The summed E-state index contributed by atoms with van der Waals surface area (Å²) in [6.45, 7) is 2.39. The molecule has 0 aliphatic carbocycles. The molecule has 0 atom stereocenters. The van der Waals surface area contributed by atoms with Gasteiger partial charge in [-0.1, -0.05) is 64.7 Å². The molecule has 19 heavy (non-hydrogen) atoms. The third-order valence-corrected chi connectivity index (χ3v) is 3.28. The molecule has 0 saturated carbocycles. The Balaban J connectivity index is -0.000000427. The number of unbranched alkanes of at least 4 members (excludes halogenated alkanes) is 9. The Kier molecular flexibility index (Phi) is 22.6. The topological polar surface area (TPSA) is 98.3 Å². The van der Waals surface area contributed by atoms with Crippen molar-refractivity contribution in [3.05, 3.63) is 0 Å². The first kappa shape index (κ1) is 25.0. The van der Waals surface area contributed by atoms with Gasteiger partial charge in [0.1, 0.15) is 0 Å². The zero-order chi connectivity index (χ0) is 13.0. The number of rotatable bonds is 12. The van der Waals surface area contributed by atoms with E-state index in [2.05, 4.69) is 11.4 Å². The van der Waals surface area contributed by atoms with Gasteiger partial charge in [0.15, 0.2) is 0 Å². The molecule has 0 aliphatic heterocycles. The monoisotopic (exact) mass is 308 g/mol. The van der Waals surface area contributed by atoms with Crippen molar-refractivity contribution in [1.29, 1.82) is 0 Å². The minimum atomic E-state index is -4.24. The fraction of sp³-hybridized carbons (Fsp3) is 1.00. The van der Waals surface area contributed by atoms with Gasteiger partial charge in [0.05, 0.1) is 6.61 Å². The van der Waals surface area contributed by atoms with Crippen LogP contribution in [0.3, 0.4) is 0 Å². The molecule has 0 spiro atoms. The Morgan fingerprint density at radius 2 is 1.26 bits per heavy atom. The van der Waals surface area contributed by atoms with Crippen molar-refractivity contribution in [2.75, 3.05) is 6.61 Å². The number of hydrogen-bond donors (Lipinski definition) is 2.